The lowest BCUT2D eigenvalue weighted by atomic mass is 9.71. The first-order valence-electron chi connectivity index (χ1n) is 9.26. The van der Waals surface area contributed by atoms with Crippen LogP contribution in [0.5, 0.6) is 11.5 Å². The second kappa shape index (κ2) is 6.48. The molecule has 1 spiro atoms. The SMILES string of the molecule is O=C1Nc2ccccc2C12c1ccc(OC(F)(F)F)cc1OC2Cc1ccccn1. The van der Waals surface area contributed by atoms with Gasteiger partial charge in [0.2, 0.25) is 5.91 Å². The van der Waals surface area contributed by atoms with E-state index in [1.807, 2.05) is 30.3 Å². The first kappa shape index (κ1) is 18.5. The summed E-state index contributed by atoms with van der Waals surface area (Å²) in [6, 6.07) is 16.5. The summed E-state index contributed by atoms with van der Waals surface area (Å²) in [5.41, 5.74) is 1.39. The molecule has 0 saturated carbocycles. The van der Waals surface area contributed by atoms with Crippen molar-refractivity contribution in [3.63, 3.8) is 0 Å². The van der Waals surface area contributed by atoms with E-state index in [2.05, 4.69) is 15.0 Å². The Hall–Kier alpha value is -3.55. The van der Waals surface area contributed by atoms with Crippen molar-refractivity contribution in [3.05, 3.63) is 83.7 Å². The standard InChI is InChI=1S/C22H15F3N2O3/c23-22(24,25)30-14-8-9-16-18(12-14)29-19(11-13-5-3-4-10-26-13)21(16)15-6-1-2-7-17(15)27-20(21)28/h1-10,12,19H,11H2,(H,27,28). The van der Waals surface area contributed by atoms with Crippen LogP contribution >= 0.6 is 0 Å². The predicted molar refractivity (Wildman–Crippen MR) is 101 cm³/mol. The normalized spacial score (nSPS) is 21.7. The molecule has 1 aromatic heterocycles. The Morgan fingerprint density at radius 3 is 2.63 bits per heavy atom. The molecule has 0 bridgehead atoms. The molecule has 3 heterocycles. The van der Waals surface area contributed by atoms with Crippen LogP contribution in [0, 0.1) is 0 Å². The Morgan fingerprint density at radius 2 is 1.87 bits per heavy atom. The van der Waals surface area contributed by atoms with Gasteiger partial charge in [0, 0.05) is 35.6 Å². The van der Waals surface area contributed by atoms with Crippen LogP contribution < -0.4 is 14.8 Å². The number of hydrogen-bond donors (Lipinski definition) is 1. The van der Waals surface area contributed by atoms with Gasteiger partial charge in [0.25, 0.3) is 0 Å². The van der Waals surface area contributed by atoms with E-state index < -0.39 is 23.6 Å². The number of halogens is 3. The fourth-order valence-electron chi connectivity index (χ4n) is 4.31. The quantitative estimate of drug-likeness (QED) is 0.700. The Morgan fingerprint density at radius 1 is 1.07 bits per heavy atom. The highest BCUT2D eigenvalue weighted by molar-refractivity contribution is 6.10. The predicted octanol–water partition coefficient (Wildman–Crippen LogP) is 4.22. The summed E-state index contributed by atoms with van der Waals surface area (Å²) in [7, 11) is 0. The average Bonchev–Trinajstić information content (AvgIpc) is 3.17. The van der Waals surface area contributed by atoms with Gasteiger partial charge < -0.3 is 14.8 Å². The van der Waals surface area contributed by atoms with Gasteiger partial charge >= 0.3 is 6.36 Å². The van der Waals surface area contributed by atoms with E-state index in [9.17, 15) is 18.0 Å². The zero-order chi connectivity index (χ0) is 20.9. The van der Waals surface area contributed by atoms with Crippen molar-refractivity contribution >= 4 is 11.6 Å². The molecule has 0 fully saturated rings. The van der Waals surface area contributed by atoms with E-state index in [0.29, 0.717) is 23.4 Å². The molecule has 5 nitrogen and oxygen atoms in total. The molecule has 0 aliphatic carbocycles. The minimum absolute atomic E-state index is 0.185. The Balaban J connectivity index is 1.65. The lowest BCUT2D eigenvalue weighted by Gasteiger charge is -2.28. The van der Waals surface area contributed by atoms with Crippen LogP contribution in [-0.4, -0.2) is 23.4 Å². The van der Waals surface area contributed by atoms with Gasteiger partial charge in [0.05, 0.1) is 0 Å². The second-order valence-corrected chi connectivity index (χ2v) is 7.15. The van der Waals surface area contributed by atoms with E-state index in [4.69, 9.17) is 4.74 Å². The van der Waals surface area contributed by atoms with E-state index in [0.717, 1.165) is 5.56 Å². The fraction of sp³-hybridized carbons (Fsp3) is 0.182. The van der Waals surface area contributed by atoms with Crippen LogP contribution in [0.25, 0.3) is 0 Å². The lowest BCUT2D eigenvalue weighted by molar-refractivity contribution is -0.274. The van der Waals surface area contributed by atoms with Crippen LogP contribution in [0.4, 0.5) is 18.9 Å². The van der Waals surface area contributed by atoms with Gasteiger partial charge in [-0.15, -0.1) is 13.2 Å². The van der Waals surface area contributed by atoms with Gasteiger partial charge in [0.15, 0.2) is 0 Å². The van der Waals surface area contributed by atoms with Crippen LogP contribution in [-0.2, 0) is 16.6 Å². The number of nitrogens with one attached hydrogen (secondary N) is 1. The van der Waals surface area contributed by atoms with E-state index in [1.165, 1.54) is 18.2 Å². The maximum absolute atomic E-state index is 13.3. The summed E-state index contributed by atoms with van der Waals surface area (Å²) in [6.07, 6.45) is -3.57. The number of alkyl halides is 3. The molecule has 30 heavy (non-hydrogen) atoms. The maximum Gasteiger partial charge on any atom is 0.573 e. The van der Waals surface area contributed by atoms with Gasteiger partial charge in [-0.05, 0) is 29.8 Å². The lowest BCUT2D eigenvalue weighted by Crippen LogP contribution is -2.46. The van der Waals surface area contributed by atoms with Gasteiger partial charge in [-0.2, -0.15) is 0 Å². The molecule has 8 heteroatoms. The summed E-state index contributed by atoms with van der Waals surface area (Å²) in [5.74, 6) is -0.501. The van der Waals surface area contributed by atoms with Crippen molar-refractivity contribution in [2.75, 3.05) is 5.32 Å². The third-order valence-corrected chi connectivity index (χ3v) is 5.44. The topological polar surface area (TPSA) is 60.5 Å². The third kappa shape index (κ3) is 2.79. The third-order valence-electron chi connectivity index (χ3n) is 5.44. The van der Waals surface area contributed by atoms with Crippen LogP contribution in [0.2, 0.25) is 0 Å². The van der Waals surface area contributed by atoms with Crippen LogP contribution in [0.3, 0.4) is 0 Å². The summed E-state index contributed by atoms with van der Waals surface area (Å²) >= 11 is 0. The second-order valence-electron chi connectivity index (χ2n) is 7.15. The number of para-hydroxylation sites is 1. The van der Waals surface area contributed by atoms with Crippen LogP contribution in [0.1, 0.15) is 16.8 Å². The highest BCUT2D eigenvalue weighted by Gasteiger charge is 2.60. The highest BCUT2D eigenvalue weighted by Crippen LogP contribution is 2.54. The number of fused-ring (bicyclic) bond motifs is 4. The first-order chi connectivity index (χ1) is 14.4. The Bertz CT molecular complexity index is 1130. The fourth-order valence-corrected chi connectivity index (χ4v) is 4.31. The number of hydrogen-bond acceptors (Lipinski definition) is 4. The van der Waals surface area contributed by atoms with E-state index in [-0.39, 0.29) is 11.7 Å². The number of nitrogens with zero attached hydrogens (tertiary/aromatic N) is 1. The molecule has 152 valence electrons. The maximum atomic E-state index is 13.3. The molecule has 2 aromatic carbocycles. The molecule has 0 saturated heterocycles. The van der Waals surface area contributed by atoms with E-state index in [1.54, 1.807) is 18.3 Å². The van der Waals surface area contributed by atoms with Crippen molar-refractivity contribution in [1.82, 2.24) is 4.98 Å². The number of ether oxygens (including phenoxy) is 2. The Kier molecular flexibility index (Phi) is 3.99. The summed E-state index contributed by atoms with van der Waals surface area (Å²) < 4.78 is 48.1. The molecule has 2 aliphatic rings. The number of aromatic nitrogens is 1. The van der Waals surface area contributed by atoms with Gasteiger partial charge in [-0.1, -0.05) is 30.3 Å². The van der Waals surface area contributed by atoms with Crippen molar-refractivity contribution < 1.29 is 27.4 Å². The molecule has 0 radical (unpaired) electrons. The molecule has 3 aromatic rings. The molecule has 5 rings (SSSR count). The van der Waals surface area contributed by atoms with Crippen LogP contribution in [0.15, 0.2) is 66.9 Å². The molecular formula is C22H15F3N2O3. The van der Waals surface area contributed by atoms with Gasteiger partial charge in [0.1, 0.15) is 23.0 Å². The average molecular weight is 412 g/mol. The van der Waals surface area contributed by atoms with Gasteiger partial charge in [-0.25, -0.2) is 0 Å². The zero-order valence-corrected chi connectivity index (χ0v) is 15.4. The number of rotatable bonds is 3. The largest absolute Gasteiger partial charge is 0.573 e. The summed E-state index contributed by atoms with van der Waals surface area (Å²) in [6.45, 7) is 0. The molecule has 2 unspecified atom stereocenters. The summed E-state index contributed by atoms with van der Waals surface area (Å²) in [4.78, 5) is 17.6. The number of anilines is 1. The van der Waals surface area contributed by atoms with Crippen molar-refractivity contribution in [2.24, 2.45) is 0 Å². The summed E-state index contributed by atoms with van der Waals surface area (Å²) in [5, 5.41) is 2.89. The molecule has 1 amide bonds. The minimum atomic E-state index is -4.82. The van der Waals surface area contributed by atoms with Crippen molar-refractivity contribution in [1.29, 1.82) is 0 Å². The van der Waals surface area contributed by atoms with Crippen molar-refractivity contribution in [3.8, 4) is 11.5 Å². The zero-order valence-electron chi connectivity index (χ0n) is 15.4. The van der Waals surface area contributed by atoms with Crippen molar-refractivity contribution in [2.45, 2.75) is 24.3 Å². The molecule has 1 N–H and O–H groups in total. The molecule has 2 atom stereocenters. The highest BCUT2D eigenvalue weighted by atomic mass is 19.4. The number of amides is 1. The first-order valence-corrected chi connectivity index (χ1v) is 9.26. The number of benzene rings is 2. The molecular weight excluding hydrogens is 397 g/mol. The monoisotopic (exact) mass is 412 g/mol. The number of carbonyl (C=O) groups excluding carboxylic acids is 1. The Labute approximate surface area is 169 Å². The van der Waals surface area contributed by atoms with Gasteiger partial charge in [-0.3, -0.25) is 9.78 Å². The smallest absolute Gasteiger partial charge is 0.488 e. The number of pyridine rings is 1. The number of carbonyl (C=O) groups is 1. The molecule has 2 aliphatic heterocycles. The minimum Gasteiger partial charge on any atom is -0.488 e. The van der Waals surface area contributed by atoms with E-state index >= 15 is 0 Å².